The van der Waals surface area contributed by atoms with Gasteiger partial charge in [0.05, 0.1) is 23.0 Å². The van der Waals surface area contributed by atoms with Crippen LogP contribution in [0, 0.1) is 0 Å². The molecule has 0 bridgehead atoms. The molecule has 0 amide bonds. The van der Waals surface area contributed by atoms with Crippen molar-refractivity contribution in [2.75, 3.05) is 0 Å². The molecule has 4 rings (SSSR count). The first-order valence-corrected chi connectivity index (χ1v) is 8.18. The molecule has 2 aromatic carbocycles. The molecule has 27 heavy (non-hydrogen) atoms. The molecule has 0 aliphatic heterocycles. The van der Waals surface area contributed by atoms with Crippen LogP contribution in [0.4, 0.5) is 0 Å². The maximum Gasteiger partial charge on any atom is 0.335 e. The molecule has 0 atom stereocenters. The number of rotatable bonds is 5. The highest BCUT2D eigenvalue weighted by molar-refractivity contribution is 5.87. The second-order valence-corrected chi connectivity index (χ2v) is 5.87. The quantitative estimate of drug-likeness (QED) is 0.544. The molecule has 0 radical (unpaired) electrons. The lowest BCUT2D eigenvalue weighted by Gasteiger charge is -2.05. The van der Waals surface area contributed by atoms with E-state index in [4.69, 9.17) is 9.84 Å². The van der Waals surface area contributed by atoms with Crippen LogP contribution in [0.1, 0.15) is 15.9 Å². The first kappa shape index (κ1) is 18.5. The maximum absolute atomic E-state index is 10.9. The molecule has 4 aromatic rings. The average Bonchev–Trinajstić information content (AvgIpc) is 3.06. The van der Waals surface area contributed by atoms with Gasteiger partial charge in [0.15, 0.2) is 0 Å². The highest BCUT2D eigenvalue weighted by atomic mass is 35.5. The Morgan fingerprint density at radius 2 is 1.81 bits per heavy atom. The third-order valence-corrected chi connectivity index (χ3v) is 4.21. The normalized spacial score (nSPS) is 10.4. The molecule has 0 fully saturated rings. The number of hydrogen-bond acceptors (Lipinski definition) is 3. The van der Waals surface area contributed by atoms with E-state index in [1.807, 2.05) is 36.7 Å². The highest BCUT2D eigenvalue weighted by Crippen LogP contribution is 2.26. The fraction of sp³-hybridized carbons (Fsp3) is 0.0476. The lowest BCUT2D eigenvalue weighted by molar-refractivity contribution is 0.0697. The van der Waals surface area contributed by atoms with Crippen molar-refractivity contribution in [1.82, 2.24) is 9.55 Å². The molecule has 0 spiro atoms. The lowest BCUT2D eigenvalue weighted by atomic mass is 10.2. The number of pyridine rings is 1. The Kier molecular flexibility index (Phi) is 5.43. The smallest absolute Gasteiger partial charge is 0.335 e. The second-order valence-electron chi connectivity index (χ2n) is 5.87. The summed E-state index contributed by atoms with van der Waals surface area (Å²) in [5.41, 5.74) is 3.36. The van der Waals surface area contributed by atoms with Crippen LogP contribution in [0.15, 0.2) is 79.3 Å². The first-order valence-electron chi connectivity index (χ1n) is 8.18. The van der Waals surface area contributed by atoms with Gasteiger partial charge in [-0.2, -0.15) is 0 Å². The van der Waals surface area contributed by atoms with Crippen LogP contribution in [0.3, 0.4) is 0 Å². The van der Waals surface area contributed by atoms with Gasteiger partial charge in [-0.1, -0.05) is 18.2 Å². The summed E-state index contributed by atoms with van der Waals surface area (Å²) in [6.07, 6.45) is 5.62. The fourth-order valence-electron chi connectivity index (χ4n) is 2.93. The summed E-state index contributed by atoms with van der Waals surface area (Å²) in [5.74, 6) is -0.315. The van der Waals surface area contributed by atoms with Crippen molar-refractivity contribution in [2.24, 2.45) is 0 Å². The van der Waals surface area contributed by atoms with Gasteiger partial charge in [-0.3, -0.25) is 4.98 Å². The Morgan fingerprint density at radius 1 is 1.04 bits per heavy atom. The predicted octanol–water partition coefficient (Wildman–Crippen LogP) is 4.72. The van der Waals surface area contributed by atoms with Gasteiger partial charge in [0.2, 0.25) is 0 Å². The van der Waals surface area contributed by atoms with Gasteiger partial charge in [0, 0.05) is 23.3 Å². The van der Waals surface area contributed by atoms with E-state index in [1.54, 1.807) is 18.3 Å². The van der Waals surface area contributed by atoms with Crippen LogP contribution in [0.2, 0.25) is 0 Å². The number of para-hydroxylation sites is 1. The zero-order valence-corrected chi connectivity index (χ0v) is 15.1. The molecule has 1 N–H and O–H groups in total. The summed E-state index contributed by atoms with van der Waals surface area (Å²) in [5, 5.41) is 10.1. The fourth-order valence-corrected chi connectivity index (χ4v) is 2.93. The maximum atomic E-state index is 10.9. The molecule has 5 nitrogen and oxygen atoms in total. The largest absolute Gasteiger partial charge is 0.489 e. The van der Waals surface area contributed by atoms with Crippen LogP contribution in [-0.4, -0.2) is 20.6 Å². The Balaban J connectivity index is 0.00000210. The van der Waals surface area contributed by atoms with Crippen LogP contribution in [-0.2, 0) is 6.61 Å². The van der Waals surface area contributed by atoms with Gasteiger partial charge in [0.25, 0.3) is 0 Å². The van der Waals surface area contributed by atoms with Gasteiger partial charge in [-0.25, -0.2) is 4.79 Å². The minimum absolute atomic E-state index is 0. The van der Waals surface area contributed by atoms with Crippen molar-refractivity contribution in [3.05, 3.63) is 90.4 Å². The minimum Gasteiger partial charge on any atom is -0.489 e. The Bertz CT molecular complexity index is 1060. The van der Waals surface area contributed by atoms with Gasteiger partial charge in [-0.15, -0.1) is 12.4 Å². The summed E-state index contributed by atoms with van der Waals surface area (Å²) < 4.78 is 7.95. The van der Waals surface area contributed by atoms with Crippen LogP contribution in [0.25, 0.3) is 16.6 Å². The molecule has 0 aliphatic rings. The number of aromatic nitrogens is 2. The van der Waals surface area contributed by atoms with E-state index in [9.17, 15) is 4.79 Å². The summed E-state index contributed by atoms with van der Waals surface area (Å²) in [6.45, 7) is 0.389. The van der Waals surface area contributed by atoms with Crippen molar-refractivity contribution in [3.63, 3.8) is 0 Å². The number of halogens is 1. The summed E-state index contributed by atoms with van der Waals surface area (Å²) in [4.78, 5) is 15.1. The highest BCUT2D eigenvalue weighted by Gasteiger charge is 2.10. The van der Waals surface area contributed by atoms with Gasteiger partial charge in [-0.05, 0) is 42.5 Å². The van der Waals surface area contributed by atoms with E-state index in [0.717, 1.165) is 22.2 Å². The third kappa shape index (κ3) is 3.78. The molecular weight excluding hydrogens is 364 g/mol. The van der Waals surface area contributed by atoms with E-state index in [1.165, 1.54) is 12.1 Å². The van der Waals surface area contributed by atoms with Gasteiger partial charge in [0.1, 0.15) is 12.4 Å². The van der Waals surface area contributed by atoms with Crippen LogP contribution >= 0.6 is 12.4 Å². The van der Waals surface area contributed by atoms with Crippen molar-refractivity contribution in [2.45, 2.75) is 6.61 Å². The standard InChI is InChI=1S/C21H16N2O3.ClH/c24-21(25)15-7-9-18(10-8-15)26-14-16-13-23(17-4-3-11-22-12-17)20-6-2-1-5-19(16)20;/h1-13H,14H2,(H,24,25);1H. The molecule has 0 unspecified atom stereocenters. The number of fused-ring (bicyclic) bond motifs is 1. The zero-order valence-electron chi connectivity index (χ0n) is 14.3. The Hall–Kier alpha value is -3.31. The lowest BCUT2D eigenvalue weighted by Crippen LogP contribution is -1.98. The summed E-state index contributed by atoms with van der Waals surface area (Å²) in [7, 11) is 0. The molecule has 136 valence electrons. The molecule has 6 heteroatoms. The van der Waals surface area contributed by atoms with E-state index in [2.05, 4.69) is 21.7 Å². The monoisotopic (exact) mass is 380 g/mol. The molecule has 0 saturated carbocycles. The summed E-state index contributed by atoms with van der Waals surface area (Å²) >= 11 is 0. The molecule has 0 aliphatic carbocycles. The topological polar surface area (TPSA) is 64.3 Å². The number of benzene rings is 2. The van der Waals surface area contributed by atoms with Crippen molar-refractivity contribution in [1.29, 1.82) is 0 Å². The predicted molar refractivity (Wildman–Crippen MR) is 106 cm³/mol. The Morgan fingerprint density at radius 3 is 2.52 bits per heavy atom. The van der Waals surface area contributed by atoms with Gasteiger partial charge >= 0.3 is 5.97 Å². The number of ether oxygens (including phenoxy) is 1. The minimum atomic E-state index is -0.948. The van der Waals surface area contributed by atoms with E-state index in [0.29, 0.717) is 12.4 Å². The van der Waals surface area contributed by atoms with Crippen molar-refractivity contribution < 1.29 is 14.6 Å². The number of carboxylic acids is 1. The molecule has 2 aromatic heterocycles. The number of aromatic carboxylic acids is 1. The first-order chi connectivity index (χ1) is 12.7. The number of carbonyl (C=O) groups is 1. The Labute approximate surface area is 162 Å². The van der Waals surface area contributed by atoms with Crippen LogP contribution in [0.5, 0.6) is 5.75 Å². The number of nitrogens with zero attached hydrogens (tertiary/aromatic N) is 2. The summed E-state index contributed by atoms with van der Waals surface area (Å²) in [6, 6.07) is 18.5. The van der Waals surface area contributed by atoms with E-state index in [-0.39, 0.29) is 18.0 Å². The average molecular weight is 381 g/mol. The second kappa shape index (κ2) is 7.93. The van der Waals surface area contributed by atoms with Crippen molar-refractivity contribution >= 4 is 29.3 Å². The molecular formula is C21H17ClN2O3. The SMILES string of the molecule is Cl.O=C(O)c1ccc(OCc2cn(-c3cccnc3)c3ccccc23)cc1. The third-order valence-electron chi connectivity index (χ3n) is 4.21. The molecule has 2 heterocycles. The van der Waals surface area contributed by atoms with Crippen molar-refractivity contribution in [3.8, 4) is 11.4 Å². The van der Waals surface area contributed by atoms with Gasteiger partial charge < -0.3 is 14.4 Å². The molecule has 0 saturated heterocycles. The number of hydrogen-bond donors (Lipinski definition) is 1. The zero-order chi connectivity index (χ0) is 17.9. The van der Waals surface area contributed by atoms with E-state index < -0.39 is 5.97 Å². The number of carboxylic acid groups (broad SMARTS) is 1. The van der Waals surface area contributed by atoms with E-state index >= 15 is 0 Å². The van der Waals surface area contributed by atoms with Crippen LogP contribution < -0.4 is 4.74 Å².